The zero-order chi connectivity index (χ0) is 19.2. The third-order valence-corrected chi connectivity index (χ3v) is 3.38. The Labute approximate surface area is 135 Å². The van der Waals surface area contributed by atoms with Crippen LogP contribution in [0.3, 0.4) is 0 Å². The number of alkyl halides is 7. The van der Waals surface area contributed by atoms with Gasteiger partial charge in [-0.25, -0.2) is 17.6 Å². The number of rotatable bonds is 4. The number of amides is 1. The van der Waals surface area contributed by atoms with Gasteiger partial charge in [0.25, 0.3) is 24.5 Å². The van der Waals surface area contributed by atoms with Crippen LogP contribution in [0.15, 0.2) is 11.2 Å². The van der Waals surface area contributed by atoms with Gasteiger partial charge in [0.2, 0.25) is 0 Å². The van der Waals surface area contributed by atoms with Crippen LogP contribution >= 0.6 is 0 Å². The third kappa shape index (κ3) is 3.45. The molecule has 1 aliphatic heterocycles. The predicted octanol–water partition coefficient (Wildman–Crippen LogP) is 2.62. The van der Waals surface area contributed by atoms with Crippen LogP contribution in [-0.4, -0.2) is 43.4 Å². The van der Waals surface area contributed by atoms with E-state index in [0.717, 1.165) is 6.92 Å². The highest BCUT2D eigenvalue weighted by Gasteiger charge is 2.62. The first-order valence-electron chi connectivity index (χ1n) is 6.67. The van der Waals surface area contributed by atoms with E-state index in [1.165, 1.54) is 0 Å². The van der Waals surface area contributed by atoms with Gasteiger partial charge in [-0.1, -0.05) is 0 Å². The number of hydrogen-bond acceptors (Lipinski definition) is 4. The molecule has 0 bridgehead atoms. The van der Waals surface area contributed by atoms with E-state index in [9.17, 15) is 40.6 Å². The van der Waals surface area contributed by atoms with E-state index in [1.54, 1.807) is 0 Å². The Kier molecular flexibility index (Phi) is 4.81. The van der Waals surface area contributed by atoms with E-state index in [4.69, 9.17) is 0 Å². The number of halogens is 7. The maximum Gasteiger partial charge on any atom is 0.438 e. The Morgan fingerprint density at radius 2 is 1.92 bits per heavy atom. The van der Waals surface area contributed by atoms with Crippen molar-refractivity contribution in [2.24, 2.45) is 5.10 Å². The van der Waals surface area contributed by atoms with Gasteiger partial charge in [0.15, 0.2) is 0 Å². The van der Waals surface area contributed by atoms with Gasteiger partial charge in [0, 0.05) is 12.1 Å². The minimum absolute atomic E-state index is 0.161. The Hall–Kier alpha value is -2.18. The van der Waals surface area contributed by atoms with Crippen molar-refractivity contribution in [1.82, 2.24) is 14.8 Å². The normalized spacial score (nSPS) is 21.4. The van der Waals surface area contributed by atoms with Crippen LogP contribution in [-0.2, 0) is 11.3 Å². The summed E-state index contributed by atoms with van der Waals surface area (Å²) in [4.78, 5) is 12.0. The molecule has 2 heterocycles. The second kappa shape index (κ2) is 6.28. The van der Waals surface area contributed by atoms with E-state index >= 15 is 0 Å². The topological polar surface area (TPSA) is 70.7 Å². The van der Waals surface area contributed by atoms with Crippen LogP contribution in [0.2, 0.25) is 0 Å². The van der Waals surface area contributed by atoms with Crippen molar-refractivity contribution in [3.05, 3.63) is 17.5 Å². The Morgan fingerprint density at radius 1 is 1.32 bits per heavy atom. The Balaban J connectivity index is 2.33. The third-order valence-electron chi connectivity index (χ3n) is 3.38. The molecule has 25 heavy (non-hydrogen) atoms. The van der Waals surface area contributed by atoms with Crippen LogP contribution in [0.5, 0.6) is 0 Å². The molecule has 0 saturated heterocycles. The molecule has 0 fully saturated rings. The molecular formula is C12H11F7N4O2. The summed E-state index contributed by atoms with van der Waals surface area (Å²) in [7, 11) is 0. The first kappa shape index (κ1) is 19.1. The quantitative estimate of drug-likeness (QED) is 0.822. The zero-order valence-electron chi connectivity index (χ0n) is 12.4. The average Bonchev–Trinajstić information content (AvgIpc) is 3.00. The summed E-state index contributed by atoms with van der Waals surface area (Å²) in [5, 5.41) is 15.8. The minimum atomic E-state index is -5.27. The highest BCUT2D eigenvalue weighted by molar-refractivity contribution is 5.89. The van der Waals surface area contributed by atoms with Crippen molar-refractivity contribution in [3.63, 3.8) is 0 Å². The molecule has 1 aromatic rings. The molecule has 1 amide bonds. The molecule has 0 aliphatic carbocycles. The first-order valence-corrected chi connectivity index (χ1v) is 6.67. The molecule has 1 aromatic heterocycles. The van der Waals surface area contributed by atoms with Gasteiger partial charge >= 0.3 is 6.18 Å². The summed E-state index contributed by atoms with van der Waals surface area (Å²) in [6, 6.07) is 0.344. The summed E-state index contributed by atoms with van der Waals surface area (Å²) in [6.45, 7) is -0.112. The molecule has 13 heteroatoms. The van der Waals surface area contributed by atoms with Gasteiger partial charge in [-0.05, 0) is 13.0 Å². The molecule has 1 atom stereocenters. The molecule has 0 saturated carbocycles. The van der Waals surface area contributed by atoms with Gasteiger partial charge in [-0.3, -0.25) is 9.48 Å². The van der Waals surface area contributed by atoms with Crippen LogP contribution in [0.4, 0.5) is 30.7 Å². The van der Waals surface area contributed by atoms with Crippen molar-refractivity contribution >= 4 is 11.6 Å². The standard InChI is InChI=1S/C12H11F7N4O2/c1-5-3-11(25,12(17,18)19)23(20-5)8(24)4-22-7(10(15)16)2-6(21-22)9(13)14/h2,9-10,25H,3-4H2,1H3. The van der Waals surface area contributed by atoms with Gasteiger partial charge in [0.1, 0.15) is 17.9 Å². The van der Waals surface area contributed by atoms with Gasteiger partial charge in [0.05, 0.1) is 0 Å². The number of hydrogen-bond donors (Lipinski definition) is 1. The van der Waals surface area contributed by atoms with Crippen LogP contribution in [0, 0.1) is 0 Å². The van der Waals surface area contributed by atoms with Crippen molar-refractivity contribution in [2.75, 3.05) is 0 Å². The fourth-order valence-corrected chi connectivity index (χ4v) is 2.26. The maximum absolute atomic E-state index is 13.0. The van der Waals surface area contributed by atoms with Gasteiger partial charge in [-0.15, -0.1) is 0 Å². The Morgan fingerprint density at radius 3 is 2.40 bits per heavy atom. The zero-order valence-corrected chi connectivity index (χ0v) is 12.4. The van der Waals surface area contributed by atoms with Crippen LogP contribution < -0.4 is 0 Å². The molecule has 1 N–H and O–H groups in total. The van der Waals surface area contributed by atoms with Crippen molar-refractivity contribution in [3.8, 4) is 0 Å². The number of carbonyl (C=O) groups is 1. The summed E-state index contributed by atoms with van der Waals surface area (Å²) in [6.07, 6.45) is -12.8. The molecular weight excluding hydrogens is 365 g/mol. The SMILES string of the molecule is CC1=NN(C(=O)Cn2nc(C(F)F)cc2C(F)F)C(O)(C(F)(F)F)C1. The monoisotopic (exact) mass is 376 g/mol. The lowest BCUT2D eigenvalue weighted by atomic mass is 10.1. The molecule has 0 radical (unpaired) electrons. The number of nitrogens with zero attached hydrogens (tertiary/aromatic N) is 4. The van der Waals surface area contributed by atoms with E-state index in [1.807, 2.05) is 0 Å². The lowest BCUT2D eigenvalue weighted by Crippen LogP contribution is -2.57. The molecule has 140 valence electrons. The number of carbonyl (C=O) groups excluding carboxylic acids is 1. The van der Waals surface area contributed by atoms with Crippen LogP contribution in [0.25, 0.3) is 0 Å². The lowest BCUT2D eigenvalue weighted by molar-refractivity contribution is -0.302. The smallest absolute Gasteiger partial charge is 0.362 e. The molecule has 6 nitrogen and oxygen atoms in total. The fraction of sp³-hybridized carbons (Fsp3) is 0.583. The first-order chi connectivity index (χ1) is 11.4. The maximum atomic E-state index is 13.0. The molecule has 2 rings (SSSR count). The molecule has 0 spiro atoms. The van der Waals surface area contributed by atoms with Gasteiger partial charge in [-0.2, -0.15) is 28.4 Å². The minimum Gasteiger partial charge on any atom is -0.362 e. The largest absolute Gasteiger partial charge is 0.438 e. The van der Waals surface area contributed by atoms with E-state index in [0.29, 0.717) is 6.07 Å². The number of aliphatic hydroxyl groups is 1. The van der Waals surface area contributed by atoms with E-state index < -0.39 is 55.0 Å². The predicted molar refractivity (Wildman–Crippen MR) is 67.7 cm³/mol. The van der Waals surface area contributed by atoms with Gasteiger partial charge < -0.3 is 5.11 Å². The number of aromatic nitrogens is 2. The summed E-state index contributed by atoms with van der Waals surface area (Å²) in [5.41, 5.74) is -6.00. The van der Waals surface area contributed by atoms with Crippen LogP contribution in [0.1, 0.15) is 37.6 Å². The molecule has 1 aliphatic rings. The average molecular weight is 376 g/mol. The summed E-state index contributed by atoms with van der Waals surface area (Å²) in [5.74, 6) is -1.54. The summed E-state index contributed by atoms with van der Waals surface area (Å²) < 4.78 is 90.1. The molecule has 0 aromatic carbocycles. The van der Waals surface area contributed by atoms with Crippen molar-refractivity contribution in [2.45, 2.75) is 44.6 Å². The second-order valence-electron chi connectivity index (χ2n) is 5.29. The number of hydrazone groups is 1. The van der Waals surface area contributed by atoms with Crippen molar-refractivity contribution < 1.29 is 40.6 Å². The fourth-order valence-electron chi connectivity index (χ4n) is 2.26. The van der Waals surface area contributed by atoms with Crippen molar-refractivity contribution in [1.29, 1.82) is 0 Å². The highest BCUT2D eigenvalue weighted by Crippen LogP contribution is 2.40. The van der Waals surface area contributed by atoms with E-state index in [-0.39, 0.29) is 15.4 Å². The highest BCUT2D eigenvalue weighted by atomic mass is 19.4. The Bertz CT molecular complexity index is 700. The second-order valence-corrected chi connectivity index (χ2v) is 5.29. The lowest BCUT2D eigenvalue weighted by Gasteiger charge is -2.32. The summed E-state index contributed by atoms with van der Waals surface area (Å²) >= 11 is 0. The van der Waals surface area contributed by atoms with E-state index in [2.05, 4.69) is 10.2 Å². The molecule has 1 unspecified atom stereocenters.